The van der Waals surface area contributed by atoms with Crippen molar-refractivity contribution >= 4 is 17.7 Å². The predicted octanol–water partition coefficient (Wildman–Crippen LogP) is 1.48. The lowest BCUT2D eigenvalue weighted by atomic mass is 10.0. The molecule has 0 radical (unpaired) electrons. The molecule has 1 unspecified atom stereocenters. The molecule has 3 amide bonds. The number of hydrogen-bond donors (Lipinski definition) is 1. The van der Waals surface area contributed by atoms with Gasteiger partial charge in [0.05, 0.1) is 13.7 Å². The fourth-order valence-electron chi connectivity index (χ4n) is 2.75. The molecule has 118 valence electrons. The summed E-state index contributed by atoms with van der Waals surface area (Å²) in [7, 11) is 1.55. The van der Waals surface area contributed by atoms with E-state index in [9.17, 15) is 14.4 Å². The Kier molecular flexibility index (Phi) is 4.80. The predicted molar refractivity (Wildman–Crippen MR) is 80.4 cm³/mol. The normalized spacial score (nSPS) is 20.0. The summed E-state index contributed by atoms with van der Waals surface area (Å²) < 4.78 is 5.25. The molecule has 1 fully saturated rings. The maximum atomic E-state index is 12.4. The molecule has 1 aromatic carbocycles. The van der Waals surface area contributed by atoms with Gasteiger partial charge in [-0.25, -0.2) is 0 Å². The third-order valence-electron chi connectivity index (χ3n) is 3.76. The van der Waals surface area contributed by atoms with Crippen LogP contribution in [0.3, 0.4) is 0 Å². The van der Waals surface area contributed by atoms with Gasteiger partial charge in [0.15, 0.2) is 0 Å². The second-order valence-corrected chi connectivity index (χ2v) is 4.89. The van der Waals surface area contributed by atoms with E-state index in [4.69, 9.17) is 4.74 Å². The molecule has 0 saturated carbocycles. The van der Waals surface area contributed by atoms with Crippen LogP contribution in [0.15, 0.2) is 18.2 Å². The molecular weight excluding hydrogens is 284 g/mol. The van der Waals surface area contributed by atoms with Crippen LogP contribution < -0.4 is 10.1 Å². The lowest BCUT2D eigenvalue weighted by molar-refractivity contribution is -0.136. The maximum absolute atomic E-state index is 12.4. The molecule has 1 atom stereocenters. The first-order valence-electron chi connectivity index (χ1n) is 7.42. The largest absolute Gasteiger partial charge is 0.496 e. The number of rotatable bonds is 2. The summed E-state index contributed by atoms with van der Waals surface area (Å²) in [4.78, 5) is 37.0. The molecule has 1 saturated heterocycles. The van der Waals surface area contributed by atoms with Gasteiger partial charge in [-0.15, -0.1) is 0 Å². The molecule has 6 nitrogen and oxygen atoms in total. The van der Waals surface area contributed by atoms with Crippen molar-refractivity contribution in [3.8, 4) is 5.75 Å². The highest BCUT2D eigenvalue weighted by Gasteiger charge is 2.39. The standard InChI is InChI=1S/C14H14N2O4.C2H6/c1-20-11-4-2-3-8-9(11)7-16(14(8)19)10-5-6-12(17)15-13(10)18;1-2/h2-4,10H,5-7H2,1H3,(H,15,17,18);1-2H3. The fourth-order valence-corrected chi connectivity index (χ4v) is 2.75. The van der Waals surface area contributed by atoms with E-state index in [1.165, 1.54) is 4.90 Å². The Morgan fingerprint density at radius 2 is 1.95 bits per heavy atom. The Hall–Kier alpha value is -2.37. The van der Waals surface area contributed by atoms with Crippen LogP contribution in [-0.4, -0.2) is 35.8 Å². The minimum Gasteiger partial charge on any atom is -0.496 e. The lowest BCUT2D eigenvalue weighted by Gasteiger charge is -2.29. The van der Waals surface area contributed by atoms with Crippen molar-refractivity contribution in [1.82, 2.24) is 10.2 Å². The maximum Gasteiger partial charge on any atom is 0.255 e. The number of ether oxygens (including phenoxy) is 1. The van der Waals surface area contributed by atoms with Gasteiger partial charge in [0, 0.05) is 17.5 Å². The van der Waals surface area contributed by atoms with Crippen LogP contribution in [0.25, 0.3) is 0 Å². The van der Waals surface area contributed by atoms with E-state index in [0.29, 0.717) is 24.3 Å². The summed E-state index contributed by atoms with van der Waals surface area (Å²) in [5, 5.41) is 2.28. The zero-order valence-corrected chi connectivity index (χ0v) is 13.0. The summed E-state index contributed by atoms with van der Waals surface area (Å²) >= 11 is 0. The third kappa shape index (κ3) is 2.68. The third-order valence-corrected chi connectivity index (χ3v) is 3.76. The van der Waals surface area contributed by atoms with E-state index < -0.39 is 11.9 Å². The van der Waals surface area contributed by atoms with Crippen LogP contribution in [-0.2, 0) is 16.1 Å². The SMILES string of the molecule is CC.COc1cccc2c1CN(C1CCC(=O)NC1=O)C2=O. The van der Waals surface area contributed by atoms with Gasteiger partial charge < -0.3 is 9.64 Å². The zero-order chi connectivity index (χ0) is 16.3. The highest BCUT2D eigenvalue weighted by molar-refractivity contribution is 6.05. The Morgan fingerprint density at radius 3 is 2.59 bits per heavy atom. The van der Waals surface area contributed by atoms with E-state index in [2.05, 4.69) is 5.32 Å². The van der Waals surface area contributed by atoms with Gasteiger partial charge in [-0.05, 0) is 18.6 Å². The van der Waals surface area contributed by atoms with Crippen LogP contribution in [0.5, 0.6) is 5.75 Å². The van der Waals surface area contributed by atoms with Crippen LogP contribution in [0.2, 0.25) is 0 Å². The van der Waals surface area contributed by atoms with E-state index in [1.807, 2.05) is 13.8 Å². The van der Waals surface area contributed by atoms with Gasteiger partial charge in [-0.1, -0.05) is 19.9 Å². The van der Waals surface area contributed by atoms with E-state index in [-0.39, 0.29) is 18.2 Å². The highest BCUT2D eigenvalue weighted by atomic mass is 16.5. The molecule has 3 rings (SSSR count). The topological polar surface area (TPSA) is 75.7 Å². The first kappa shape index (κ1) is 16.0. The van der Waals surface area contributed by atoms with Crippen LogP contribution >= 0.6 is 0 Å². The number of carbonyl (C=O) groups excluding carboxylic acids is 3. The lowest BCUT2D eigenvalue weighted by Crippen LogP contribution is -2.52. The minimum atomic E-state index is -0.586. The van der Waals surface area contributed by atoms with Crippen molar-refractivity contribution in [2.45, 2.75) is 39.3 Å². The molecular formula is C16H20N2O4. The van der Waals surface area contributed by atoms with Crippen LogP contribution in [0.4, 0.5) is 0 Å². The van der Waals surface area contributed by atoms with E-state index >= 15 is 0 Å². The molecule has 0 bridgehead atoms. The number of fused-ring (bicyclic) bond motifs is 1. The van der Waals surface area contributed by atoms with Crippen molar-refractivity contribution in [2.75, 3.05) is 7.11 Å². The van der Waals surface area contributed by atoms with Gasteiger partial charge in [-0.3, -0.25) is 19.7 Å². The van der Waals surface area contributed by atoms with Crippen LogP contribution in [0.1, 0.15) is 42.6 Å². The van der Waals surface area contributed by atoms with Crippen molar-refractivity contribution in [1.29, 1.82) is 0 Å². The minimum absolute atomic E-state index is 0.187. The zero-order valence-electron chi connectivity index (χ0n) is 13.0. The smallest absolute Gasteiger partial charge is 0.255 e. The van der Waals surface area contributed by atoms with Gasteiger partial charge in [0.25, 0.3) is 5.91 Å². The van der Waals surface area contributed by atoms with Gasteiger partial charge in [-0.2, -0.15) is 0 Å². The summed E-state index contributed by atoms with van der Waals surface area (Å²) in [5.74, 6) is -0.228. The van der Waals surface area contributed by atoms with Gasteiger partial charge in [0.1, 0.15) is 11.8 Å². The average Bonchev–Trinajstić information content (AvgIpc) is 2.86. The number of benzene rings is 1. The molecule has 2 aliphatic rings. The summed E-state index contributed by atoms with van der Waals surface area (Å²) in [6, 6.07) is 4.69. The van der Waals surface area contributed by atoms with Crippen LogP contribution in [0, 0.1) is 0 Å². The average molecular weight is 304 g/mol. The molecule has 1 N–H and O–H groups in total. The monoisotopic (exact) mass is 304 g/mol. The van der Waals surface area contributed by atoms with E-state index in [0.717, 1.165) is 5.56 Å². The van der Waals surface area contributed by atoms with Crippen molar-refractivity contribution in [3.63, 3.8) is 0 Å². The Bertz CT molecular complexity index is 612. The summed E-state index contributed by atoms with van der Waals surface area (Å²) in [5.41, 5.74) is 1.36. The second-order valence-electron chi connectivity index (χ2n) is 4.89. The number of hydrogen-bond acceptors (Lipinski definition) is 4. The van der Waals surface area contributed by atoms with Crippen molar-refractivity contribution in [2.24, 2.45) is 0 Å². The Balaban J connectivity index is 0.000000847. The highest BCUT2D eigenvalue weighted by Crippen LogP contribution is 2.33. The Morgan fingerprint density at radius 1 is 1.23 bits per heavy atom. The quantitative estimate of drug-likeness (QED) is 0.840. The molecule has 0 spiro atoms. The molecule has 2 heterocycles. The summed E-state index contributed by atoms with van der Waals surface area (Å²) in [6.07, 6.45) is 0.625. The number of methoxy groups -OCH3 is 1. The first-order chi connectivity index (χ1) is 10.6. The molecule has 1 aromatic rings. The molecule has 22 heavy (non-hydrogen) atoms. The van der Waals surface area contributed by atoms with E-state index in [1.54, 1.807) is 25.3 Å². The first-order valence-corrected chi connectivity index (χ1v) is 7.42. The van der Waals surface area contributed by atoms with Gasteiger partial charge >= 0.3 is 0 Å². The molecule has 2 aliphatic heterocycles. The number of amides is 3. The molecule has 0 aromatic heterocycles. The van der Waals surface area contributed by atoms with Crippen molar-refractivity contribution < 1.29 is 19.1 Å². The summed E-state index contributed by atoms with van der Waals surface area (Å²) in [6.45, 7) is 4.34. The molecule has 6 heteroatoms. The molecule has 0 aliphatic carbocycles. The number of carbonyl (C=O) groups is 3. The van der Waals surface area contributed by atoms with Gasteiger partial charge in [0.2, 0.25) is 11.8 Å². The second kappa shape index (κ2) is 6.60. The number of imide groups is 1. The number of nitrogens with zero attached hydrogens (tertiary/aromatic N) is 1. The number of piperidine rings is 1. The van der Waals surface area contributed by atoms with Crippen molar-refractivity contribution in [3.05, 3.63) is 29.3 Å². The Labute approximate surface area is 129 Å². The number of nitrogens with one attached hydrogen (secondary N) is 1. The fraction of sp³-hybridized carbons (Fsp3) is 0.438.